The van der Waals surface area contributed by atoms with Crippen LogP contribution in [0.1, 0.15) is 29.7 Å². The minimum Gasteiger partial charge on any atom is -0.481 e. The quantitative estimate of drug-likeness (QED) is 0.0999. The molecule has 0 aliphatic carbocycles. The van der Waals surface area contributed by atoms with Crippen LogP contribution in [0, 0.1) is 0 Å². The smallest absolute Gasteiger partial charge is 0.407 e. The fraction of sp³-hybridized carbons (Fsp3) is 0.231. The van der Waals surface area contributed by atoms with Gasteiger partial charge in [-0.05, 0) is 36.2 Å². The van der Waals surface area contributed by atoms with E-state index in [1.54, 1.807) is 30.9 Å². The monoisotopic (exact) mass is 766 g/mol. The van der Waals surface area contributed by atoms with Crippen LogP contribution in [-0.4, -0.2) is 72.6 Å². The fourth-order valence-corrected chi connectivity index (χ4v) is 7.24. The molecule has 0 saturated carbocycles. The van der Waals surface area contributed by atoms with Gasteiger partial charge in [0.15, 0.2) is 0 Å². The predicted octanol–water partition coefficient (Wildman–Crippen LogP) is 6.22. The summed E-state index contributed by atoms with van der Waals surface area (Å²) in [6.07, 6.45) is 7.37. The Labute approximate surface area is 320 Å². The lowest BCUT2D eigenvalue weighted by Gasteiger charge is -2.23. The number of carbonyl (C=O) groups is 2. The van der Waals surface area contributed by atoms with E-state index in [9.17, 15) is 19.5 Å². The molecule has 5 heterocycles. The van der Waals surface area contributed by atoms with Crippen LogP contribution in [0.15, 0.2) is 90.4 Å². The molecule has 1 fully saturated rings. The first kappa shape index (κ1) is 36.6. The number of nitrogens with zero attached hydrogens (tertiary/aromatic N) is 5. The van der Waals surface area contributed by atoms with Gasteiger partial charge in [-0.15, -0.1) is 0 Å². The molecule has 4 aromatic heterocycles. The van der Waals surface area contributed by atoms with E-state index in [4.69, 9.17) is 32.9 Å². The number of benzene rings is 2. The molecule has 0 spiro atoms. The number of hydrogen-bond donors (Lipinski definition) is 4. The molecule has 1 aliphatic heterocycles. The molecule has 54 heavy (non-hydrogen) atoms. The number of amides is 2. The highest BCUT2D eigenvalue weighted by atomic mass is 35.5. The van der Waals surface area contributed by atoms with E-state index in [0.29, 0.717) is 75.1 Å². The number of hydrogen-bond acceptors (Lipinski definition) is 8. The summed E-state index contributed by atoms with van der Waals surface area (Å²) >= 11 is 14.2. The van der Waals surface area contributed by atoms with Crippen LogP contribution < -0.4 is 20.9 Å². The van der Waals surface area contributed by atoms with Crippen molar-refractivity contribution in [1.29, 1.82) is 0 Å². The minimum absolute atomic E-state index is 0.0266. The molecule has 1 aliphatic rings. The highest BCUT2D eigenvalue weighted by Gasteiger charge is 2.26. The van der Waals surface area contributed by atoms with Crippen molar-refractivity contribution in [2.45, 2.75) is 38.4 Å². The van der Waals surface area contributed by atoms with E-state index in [1.807, 2.05) is 54.7 Å². The molecule has 6 aromatic rings. The summed E-state index contributed by atoms with van der Waals surface area (Å²) in [5.74, 6) is 0.176. The van der Waals surface area contributed by atoms with Crippen LogP contribution in [-0.2, 0) is 24.3 Å². The molecule has 2 amide bonds. The van der Waals surface area contributed by atoms with E-state index in [1.165, 1.54) is 16.4 Å². The number of aromatic nitrogens is 5. The van der Waals surface area contributed by atoms with Gasteiger partial charge in [0, 0.05) is 90.5 Å². The number of rotatable bonds is 13. The third kappa shape index (κ3) is 7.79. The Morgan fingerprint density at radius 3 is 2.48 bits per heavy atom. The van der Waals surface area contributed by atoms with E-state index < -0.39 is 6.09 Å². The highest BCUT2D eigenvalue weighted by molar-refractivity contribution is 6.39. The Hall–Kier alpha value is -5.76. The third-order valence-corrected chi connectivity index (χ3v) is 10.2. The number of carboxylic acid groups (broad SMARTS) is 1. The zero-order chi connectivity index (χ0) is 37.8. The molecule has 2 aromatic carbocycles. The summed E-state index contributed by atoms with van der Waals surface area (Å²) in [6, 6.07) is 18.2. The van der Waals surface area contributed by atoms with Crippen molar-refractivity contribution in [3.05, 3.63) is 123 Å². The summed E-state index contributed by atoms with van der Waals surface area (Å²) in [7, 11) is 1.47. The number of imidazole rings is 1. The largest absolute Gasteiger partial charge is 0.481 e. The van der Waals surface area contributed by atoms with Gasteiger partial charge in [-0.25, -0.2) is 19.7 Å². The summed E-state index contributed by atoms with van der Waals surface area (Å²) in [6.45, 7) is 1.23. The normalized spacial score (nSPS) is 14.0. The summed E-state index contributed by atoms with van der Waals surface area (Å²) in [4.78, 5) is 54.7. The van der Waals surface area contributed by atoms with E-state index in [2.05, 4.69) is 25.6 Å². The average Bonchev–Trinajstić information content (AvgIpc) is 3.85. The number of fused-ring (bicyclic) bond motifs is 1. The molecule has 7 rings (SSSR count). The molecule has 4 N–H and O–H groups in total. The summed E-state index contributed by atoms with van der Waals surface area (Å²) in [5.41, 5.74) is 6.44. The second-order valence-electron chi connectivity index (χ2n) is 12.9. The third-order valence-electron chi connectivity index (χ3n) is 9.37. The second kappa shape index (κ2) is 16.1. The topological polar surface area (TPSA) is 167 Å². The maximum atomic E-state index is 13.3. The van der Waals surface area contributed by atoms with Crippen LogP contribution in [0.25, 0.3) is 39.2 Å². The molecule has 276 valence electrons. The lowest BCUT2D eigenvalue weighted by molar-refractivity contribution is -0.119. The number of halogens is 2. The number of H-pyrrole nitrogens is 1. The Kier molecular flexibility index (Phi) is 10.9. The zero-order valence-electron chi connectivity index (χ0n) is 29.2. The summed E-state index contributed by atoms with van der Waals surface area (Å²) < 4.78 is 7.12. The van der Waals surface area contributed by atoms with Gasteiger partial charge in [0.2, 0.25) is 11.8 Å². The van der Waals surface area contributed by atoms with Crippen molar-refractivity contribution in [1.82, 2.24) is 39.9 Å². The summed E-state index contributed by atoms with van der Waals surface area (Å²) in [5, 5.41) is 16.9. The Bertz CT molecular complexity index is 2400. The molecule has 0 bridgehead atoms. The maximum absolute atomic E-state index is 13.3. The number of carbonyl (C=O) groups excluding carboxylic acids is 1. The zero-order valence-corrected chi connectivity index (χ0v) is 30.7. The fourth-order valence-electron chi connectivity index (χ4n) is 6.58. The maximum Gasteiger partial charge on any atom is 0.407 e. The first-order valence-corrected chi connectivity index (χ1v) is 18.0. The lowest BCUT2D eigenvalue weighted by Crippen LogP contribution is -2.41. The van der Waals surface area contributed by atoms with Gasteiger partial charge in [0.25, 0.3) is 5.56 Å². The Balaban J connectivity index is 1.12. The molecule has 0 unspecified atom stereocenters. The second-order valence-corrected chi connectivity index (χ2v) is 13.6. The number of pyridine rings is 2. The van der Waals surface area contributed by atoms with Gasteiger partial charge in [-0.1, -0.05) is 59.6 Å². The van der Waals surface area contributed by atoms with Crippen LogP contribution in [0.4, 0.5) is 4.79 Å². The first-order valence-electron chi connectivity index (χ1n) is 17.3. The van der Waals surface area contributed by atoms with Gasteiger partial charge < -0.3 is 30.4 Å². The molecule has 15 heteroatoms. The molecule has 13 nitrogen and oxygen atoms in total. The minimum atomic E-state index is -1.11. The number of nitrogens with one attached hydrogen (secondary N) is 3. The molecule has 1 atom stereocenters. The number of aromatic amines is 1. The van der Waals surface area contributed by atoms with Crippen molar-refractivity contribution in [3.8, 4) is 39.4 Å². The van der Waals surface area contributed by atoms with Gasteiger partial charge >= 0.3 is 6.09 Å². The predicted molar refractivity (Wildman–Crippen MR) is 206 cm³/mol. The van der Waals surface area contributed by atoms with Crippen molar-refractivity contribution >= 4 is 40.8 Å². The van der Waals surface area contributed by atoms with E-state index in [-0.39, 0.29) is 36.5 Å². The van der Waals surface area contributed by atoms with E-state index >= 15 is 0 Å². The SMILES string of the molecule is COc1nc(-c2cccc(-c3cccc(-c4ccn5c(=O)c(CNCCc6c[nH]cn6)cnc5c4)c3Cl)c2Cl)ccc1CN(C[C@@H]1CCC(=O)N1)C(=O)O. The van der Waals surface area contributed by atoms with Gasteiger partial charge in [0.05, 0.1) is 41.4 Å². The van der Waals surface area contributed by atoms with E-state index in [0.717, 1.165) is 23.2 Å². The van der Waals surface area contributed by atoms with Crippen LogP contribution in [0.3, 0.4) is 0 Å². The van der Waals surface area contributed by atoms with Crippen molar-refractivity contribution in [2.75, 3.05) is 20.2 Å². The molecular formula is C39H36Cl2N8O5. The molecule has 1 saturated heterocycles. The Morgan fingerprint density at radius 1 is 1.02 bits per heavy atom. The number of methoxy groups -OCH3 is 1. The van der Waals surface area contributed by atoms with Gasteiger partial charge in [-0.2, -0.15) is 0 Å². The highest BCUT2D eigenvalue weighted by Crippen LogP contribution is 2.42. The van der Waals surface area contributed by atoms with Crippen LogP contribution in [0.5, 0.6) is 5.88 Å². The van der Waals surface area contributed by atoms with Gasteiger partial charge in [0.1, 0.15) is 5.65 Å². The van der Waals surface area contributed by atoms with Crippen molar-refractivity contribution < 1.29 is 19.4 Å². The Morgan fingerprint density at radius 2 is 1.78 bits per heavy atom. The van der Waals surface area contributed by atoms with Crippen LogP contribution >= 0.6 is 23.2 Å². The lowest BCUT2D eigenvalue weighted by atomic mass is 9.97. The average molecular weight is 768 g/mol. The van der Waals surface area contributed by atoms with Crippen molar-refractivity contribution in [3.63, 3.8) is 0 Å². The first-order chi connectivity index (χ1) is 26.2. The molecular weight excluding hydrogens is 731 g/mol. The van der Waals surface area contributed by atoms with Gasteiger partial charge in [-0.3, -0.25) is 14.0 Å². The van der Waals surface area contributed by atoms with Crippen molar-refractivity contribution in [2.24, 2.45) is 0 Å². The standard InChI is InChI=1S/C39H36Cl2N8O5/c1-54-37-24(20-48(39(52)53)21-27-9-11-34(50)46-27)8-10-32(47-37)31-7-3-6-30(36(31)41)29-5-2-4-28(35(29)40)23-13-15-49-33(16-23)44-18-25(38(49)51)17-42-14-12-26-19-43-22-45-26/h2-8,10,13,15-16,18-19,22,27,42H,9,11-12,14,17,20-21H2,1H3,(H,43,45)(H,46,50)(H,52,53)/t27-/m0/s1. The molecule has 0 radical (unpaired) electrons. The van der Waals surface area contributed by atoms with Crippen LogP contribution in [0.2, 0.25) is 10.0 Å². The number of ether oxygens (including phenoxy) is 1.